The molecule has 8 heteroatoms. The van der Waals surface area contributed by atoms with Gasteiger partial charge in [0.15, 0.2) is 0 Å². The molecule has 3 aromatic rings. The van der Waals surface area contributed by atoms with Gasteiger partial charge in [-0.05, 0) is 60.9 Å². The first-order chi connectivity index (χ1) is 14.0. The van der Waals surface area contributed by atoms with Crippen LogP contribution < -0.4 is 5.32 Å². The molecule has 1 fully saturated rings. The lowest BCUT2D eigenvalue weighted by molar-refractivity contribution is 0.0792. The molecule has 1 N–H and O–H groups in total. The number of carbonyl (C=O) groups excluding carboxylic acids is 2. The molecule has 148 valence electrons. The average Bonchev–Trinajstić information content (AvgIpc) is 3.41. The Labute approximate surface area is 168 Å². The van der Waals surface area contributed by atoms with E-state index in [0.717, 1.165) is 37.1 Å². The summed E-state index contributed by atoms with van der Waals surface area (Å²) in [6.07, 6.45) is 2.12. The zero-order chi connectivity index (χ0) is 20.4. The molecule has 0 spiro atoms. The van der Waals surface area contributed by atoms with Crippen molar-refractivity contribution in [2.75, 3.05) is 18.4 Å². The molecule has 2 aromatic carbocycles. The van der Waals surface area contributed by atoms with E-state index in [1.165, 1.54) is 4.80 Å². The van der Waals surface area contributed by atoms with Gasteiger partial charge in [0, 0.05) is 35.5 Å². The minimum absolute atomic E-state index is 0.0525. The lowest BCUT2D eigenvalue weighted by Crippen LogP contribution is -2.27. The monoisotopic (exact) mass is 390 g/mol. The van der Waals surface area contributed by atoms with Crippen LogP contribution in [-0.4, -0.2) is 50.0 Å². The molecule has 8 nitrogen and oxygen atoms in total. The van der Waals surface area contributed by atoms with Crippen molar-refractivity contribution >= 4 is 17.5 Å². The van der Waals surface area contributed by atoms with Crippen LogP contribution in [0.4, 0.5) is 5.69 Å². The fourth-order valence-corrected chi connectivity index (χ4v) is 3.40. The number of amides is 2. The van der Waals surface area contributed by atoms with Crippen LogP contribution in [0.15, 0.2) is 42.5 Å². The van der Waals surface area contributed by atoms with E-state index in [1.807, 2.05) is 17.9 Å². The normalized spacial score (nSPS) is 13.5. The number of hydrogen-bond donors (Lipinski definition) is 1. The number of carbonyl (C=O) groups is 2. The Balaban J connectivity index is 1.45. The third kappa shape index (κ3) is 4.01. The molecule has 1 saturated heterocycles. The summed E-state index contributed by atoms with van der Waals surface area (Å²) in [6.45, 7) is 3.52. The number of tetrazole rings is 1. The molecule has 0 saturated carbocycles. The van der Waals surface area contributed by atoms with E-state index < -0.39 is 0 Å². The summed E-state index contributed by atoms with van der Waals surface area (Å²) in [5.74, 6) is 0.343. The molecule has 1 aliphatic heterocycles. The number of aromatic nitrogens is 4. The van der Waals surface area contributed by atoms with Crippen LogP contribution in [0, 0.1) is 6.92 Å². The van der Waals surface area contributed by atoms with Gasteiger partial charge in [-0.25, -0.2) is 0 Å². The van der Waals surface area contributed by atoms with Crippen molar-refractivity contribution in [2.24, 2.45) is 7.05 Å². The number of likely N-dealkylation sites (tertiary alicyclic amines) is 1. The second kappa shape index (κ2) is 7.83. The third-order valence-electron chi connectivity index (χ3n) is 5.03. The zero-order valence-electron chi connectivity index (χ0n) is 16.4. The average molecular weight is 390 g/mol. The van der Waals surface area contributed by atoms with Gasteiger partial charge >= 0.3 is 0 Å². The molecule has 1 aromatic heterocycles. The highest BCUT2D eigenvalue weighted by atomic mass is 16.2. The lowest BCUT2D eigenvalue weighted by Gasteiger charge is -2.16. The van der Waals surface area contributed by atoms with Crippen molar-refractivity contribution in [1.82, 2.24) is 25.1 Å². The molecule has 1 aliphatic rings. The van der Waals surface area contributed by atoms with Crippen LogP contribution in [-0.2, 0) is 7.05 Å². The predicted molar refractivity (Wildman–Crippen MR) is 109 cm³/mol. The van der Waals surface area contributed by atoms with E-state index in [2.05, 4.69) is 20.7 Å². The van der Waals surface area contributed by atoms with E-state index in [0.29, 0.717) is 22.6 Å². The first-order valence-corrected chi connectivity index (χ1v) is 9.57. The number of nitrogens with one attached hydrogen (secondary N) is 1. The minimum Gasteiger partial charge on any atom is -0.339 e. The molecule has 0 unspecified atom stereocenters. The van der Waals surface area contributed by atoms with Crippen LogP contribution in [0.5, 0.6) is 0 Å². The summed E-state index contributed by atoms with van der Waals surface area (Å²) in [5.41, 5.74) is 3.50. The smallest absolute Gasteiger partial charge is 0.255 e. The standard InChI is InChI=1S/C21H22N6O2/c1-14-13-17(21(29)27-11-3-4-12-27)9-10-18(14)22-20(28)16-7-5-15(6-8-16)19-23-25-26(2)24-19/h5-10,13H,3-4,11-12H2,1-2H3,(H,22,28). The third-order valence-corrected chi connectivity index (χ3v) is 5.03. The Morgan fingerprint density at radius 3 is 2.31 bits per heavy atom. The first-order valence-electron chi connectivity index (χ1n) is 9.57. The Hall–Kier alpha value is -3.55. The minimum atomic E-state index is -0.217. The van der Waals surface area contributed by atoms with Gasteiger partial charge in [-0.15, -0.1) is 10.2 Å². The lowest BCUT2D eigenvalue weighted by atomic mass is 10.1. The second-order valence-corrected chi connectivity index (χ2v) is 7.16. The summed E-state index contributed by atoms with van der Waals surface area (Å²) in [5, 5.41) is 14.8. The molecule has 0 bridgehead atoms. The maximum atomic E-state index is 12.6. The van der Waals surface area contributed by atoms with Gasteiger partial charge in [0.1, 0.15) is 0 Å². The molecule has 2 amide bonds. The van der Waals surface area contributed by atoms with Gasteiger partial charge in [-0.1, -0.05) is 12.1 Å². The van der Waals surface area contributed by atoms with E-state index in [9.17, 15) is 9.59 Å². The van der Waals surface area contributed by atoms with Crippen LogP contribution in [0.2, 0.25) is 0 Å². The maximum absolute atomic E-state index is 12.6. The largest absolute Gasteiger partial charge is 0.339 e. The topological polar surface area (TPSA) is 93.0 Å². The van der Waals surface area contributed by atoms with Crippen molar-refractivity contribution in [3.05, 3.63) is 59.2 Å². The number of hydrogen-bond acceptors (Lipinski definition) is 5. The number of rotatable bonds is 4. The van der Waals surface area contributed by atoms with Crippen LogP contribution in [0.1, 0.15) is 39.1 Å². The fourth-order valence-electron chi connectivity index (χ4n) is 3.40. The SMILES string of the molecule is Cc1cc(C(=O)N2CCCC2)ccc1NC(=O)c1ccc(-c2nnn(C)n2)cc1. The summed E-state index contributed by atoms with van der Waals surface area (Å²) in [6, 6.07) is 12.4. The van der Waals surface area contributed by atoms with E-state index >= 15 is 0 Å². The molecular weight excluding hydrogens is 368 g/mol. The predicted octanol–water partition coefficient (Wildman–Crippen LogP) is 2.67. The van der Waals surface area contributed by atoms with Gasteiger partial charge in [-0.3, -0.25) is 9.59 Å². The van der Waals surface area contributed by atoms with Gasteiger partial charge in [0.05, 0.1) is 7.05 Å². The van der Waals surface area contributed by atoms with Crippen LogP contribution in [0.3, 0.4) is 0 Å². The number of nitrogens with zero attached hydrogens (tertiary/aromatic N) is 5. The highest BCUT2D eigenvalue weighted by Crippen LogP contribution is 2.21. The van der Waals surface area contributed by atoms with E-state index in [4.69, 9.17) is 0 Å². The van der Waals surface area contributed by atoms with Crippen molar-refractivity contribution in [2.45, 2.75) is 19.8 Å². The Morgan fingerprint density at radius 2 is 1.69 bits per heavy atom. The van der Waals surface area contributed by atoms with Crippen LogP contribution in [0.25, 0.3) is 11.4 Å². The van der Waals surface area contributed by atoms with Gasteiger partial charge in [-0.2, -0.15) is 4.80 Å². The Kier molecular flexibility index (Phi) is 5.07. The number of aryl methyl sites for hydroxylation is 2. The number of benzene rings is 2. The molecule has 29 heavy (non-hydrogen) atoms. The van der Waals surface area contributed by atoms with Crippen molar-refractivity contribution in [1.29, 1.82) is 0 Å². The molecular formula is C21H22N6O2. The highest BCUT2D eigenvalue weighted by molar-refractivity contribution is 6.05. The second-order valence-electron chi connectivity index (χ2n) is 7.16. The fraction of sp³-hybridized carbons (Fsp3) is 0.286. The van der Waals surface area contributed by atoms with E-state index in [-0.39, 0.29) is 11.8 Å². The molecule has 0 aliphatic carbocycles. The van der Waals surface area contributed by atoms with Gasteiger partial charge in [0.2, 0.25) is 5.82 Å². The van der Waals surface area contributed by atoms with Crippen LogP contribution >= 0.6 is 0 Å². The Bertz CT molecular complexity index is 1050. The summed E-state index contributed by atoms with van der Waals surface area (Å²) < 4.78 is 0. The van der Waals surface area contributed by atoms with Crippen molar-refractivity contribution in [3.63, 3.8) is 0 Å². The first kappa shape index (κ1) is 18.8. The van der Waals surface area contributed by atoms with Crippen molar-refractivity contribution in [3.8, 4) is 11.4 Å². The summed E-state index contributed by atoms with van der Waals surface area (Å²) >= 11 is 0. The maximum Gasteiger partial charge on any atom is 0.255 e. The highest BCUT2D eigenvalue weighted by Gasteiger charge is 2.20. The van der Waals surface area contributed by atoms with Crippen molar-refractivity contribution < 1.29 is 9.59 Å². The van der Waals surface area contributed by atoms with Gasteiger partial charge in [0.25, 0.3) is 11.8 Å². The molecule has 0 radical (unpaired) electrons. The zero-order valence-corrected chi connectivity index (χ0v) is 16.4. The molecule has 4 rings (SSSR count). The Morgan fingerprint density at radius 1 is 1.00 bits per heavy atom. The molecule has 0 atom stereocenters. The number of anilines is 1. The van der Waals surface area contributed by atoms with E-state index in [1.54, 1.807) is 43.4 Å². The van der Waals surface area contributed by atoms with Gasteiger partial charge < -0.3 is 10.2 Å². The quantitative estimate of drug-likeness (QED) is 0.739. The summed E-state index contributed by atoms with van der Waals surface area (Å²) in [4.78, 5) is 28.4. The molecule has 2 heterocycles. The summed E-state index contributed by atoms with van der Waals surface area (Å²) in [7, 11) is 1.70.